The van der Waals surface area contributed by atoms with E-state index >= 15 is 0 Å². The fourth-order valence-corrected chi connectivity index (χ4v) is 3.71. The molecule has 2 aromatic rings. The Kier molecular flexibility index (Phi) is 7.34. The third-order valence-electron chi connectivity index (χ3n) is 4.24. The van der Waals surface area contributed by atoms with Gasteiger partial charge in [0, 0.05) is 17.5 Å². The van der Waals surface area contributed by atoms with Crippen LogP contribution in [0.5, 0.6) is 0 Å². The molecule has 0 spiro atoms. The molecule has 0 saturated heterocycles. The van der Waals surface area contributed by atoms with Crippen molar-refractivity contribution in [3.05, 3.63) is 41.0 Å². The van der Waals surface area contributed by atoms with Crippen molar-refractivity contribution in [3.8, 4) is 10.4 Å². The fourth-order valence-electron chi connectivity index (χ4n) is 2.76. The van der Waals surface area contributed by atoms with Crippen LogP contribution in [0.25, 0.3) is 10.4 Å². The first kappa shape index (κ1) is 20.6. The second-order valence-corrected chi connectivity index (χ2v) is 7.26. The van der Waals surface area contributed by atoms with Gasteiger partial charge in [0.25, 0.3) is 0 Å². The van der Waals surface area contributed by atoms with E-state index in [-0.39, 0.29) is 0 Å². The number of thiophene rings is 1. The summed E-state index contributed by atoms with van der Waals surface area (Å²) in [6.45, 7) is 2.18. The number of nitrogens with zero attached hydrogens (tertiary/aromatic N) is 1. The highest BCUT2D eigenvalue weighted by Crippen LogP contribution is 2.32. The van der Waals surface area contributed by atoms with E-state index in [1.165, 1.54) is 24.8 Å². The molecule has 2 rings (SSSR count). The predicted octanol–water partition coefficient (Wildman–Crippen LogP) is 5.90. The van der Waals surface area contributed by atoms with Crippen LogP contribution in [-0.2, 0) is 6.42 Å². The van der Waals surface area contributed by atoms with Crippen molar-refractivity contribution in [3.63, 3.8) is 0 Å². The average molecular weight is 383 g/mol. The number of hydrogen-bond donors (Lipinski definition) is 2. The highest BCUT2D eigenvalue weighted by molar-refractivity contribution is 7.13. The number of aryl methyl sites for hydroxylation is 1. The molecule has 0 radical (unpaired) electrons. The Morgan fingerprint density at radius 1 is 1.27 bits per heavy atom. The normalized spacial score (nSPS) is 13.0. The summed E-state index contributed by atoms with van der Waals surface area (Å²) in [7, 11) is 0. The van der Waals surface area contributed by atoms with Gasteiger partial charge in [0.2, 0.25) is 0 Å². The lowest BCUT2D eigenvalue weighted by Gasteiger charge is -2.15. The zero-order valence-electron chi connectivity index (χ0n) is 14.8. The lowest BCUT2D eigenvalue weighted by atomic mass is 10.0. The van der Waals surface area contributed by atoms with E-state index in [1.54, 1.807) is 23.6 Å². The third-order valence-corrected chi connectivity index (χ3v) is 5.24. The molecule has 2 heterocycles. The molecule has 142 valence electrons. The van der Waals surface area contributed by atoms with Gasteiger partial charge in [0.1, 0.15) is 5.71 Å². The van der Waals surface area contributed by atoms with E-state index in [4.69, 9.17) is 11.1 Å². The second kappa shape index (κ2) is 9.28. The first-order chi connectivity index (χ1) is 12.3. The van der Waals surface area contributed by atoms with Crippen molar-refractivity contribution in [1.82, 2.24) is 4.98 Å². The predicted molar refractivity (Wildman–Crippen MR) is 101 cm³/mol. The minimum Gasteiger partial charge on any atom is -0.322 e. The summed E-state index contributed by atoms with van der Waals surface area (Å²) in [4.78, 5) is 5.23. The molecule has 0 aliphatic heterocycles. The number of alkyl halides is 3. The number of unbranched alkanes of at least 4 members (excludes halogenated alkanes) is 3. The molecule has 1 unspecified atom stereocenters. The highest BCUT2D eigenvalue weighted by atomic mass is 32.1. The maximum atomic E-state index is 12.6. The number of hydrogen-bond acceptors (Lipinski definition) is 4. The van der Waals surface area contributed by atoms with E-state index in [9.17, 15) is 13.2 Å². The van der Waals surface area contributed by atoms with Crippen LogP contribution in [-0.4, -0.2) is 16.9 Å². The van der Waals surface area contributed by atoms with Crippen LogP contribution in [0.3, 0.4) is 0 Å². The fraction of sp³-hybridized carbons (Fsp3) is 0.474. The molecule has 3 N–H and O–H groups in total. The topological polar surface area (TPSA) is 62.8 Å². The Bertz CT molecular complexity index is 725. The van der Waals surface area contributed by atoms with Crippen LogP contribution in [0.15, 0.2) is 29.8 Å². The molecule has 0 aliphatic rings. The van der Waals surface area contributed by atoms with Crippen LogP contribution < -0.4 is 5.73 Å². The molecule has 26 heavy (non-hydrogen) atoms. The lowest BCUT2D eigenvalue weighted by Crippen LogP contribution is -2.27. The minimum atomic E-state index is -4.64. The maximum Gasteiger partial charge on any atom is 0.428 e. The van der Waals surface area contributed by atoms with Crippen molar-refractivity contribution < 1.29 is 13.2 Å². The van der Waals surface area contributed by atoms with Crippen molar-refractivity contribution >= 4 is 17.0 Å². The van der Waals surface area contributed by atoms with Crippen molar-refractivity contribution in [2.24, 2.45) is 5.73 Å². The molecule has 0 aliphatic carbocycles. The Labute approximate surface area is 156 Å². The van der Waals surface area contributed by atoms with Crippen LogP contribution in [0.1, 0.15) is 56.3 Å². The van der Waals surface area contributed by atoms with Crippen molar-refractivity contribution in [2.75, 3.05) is 0 Å². The SMILES string of the molecule is CCCCCCc1ccsc1-c1ccnc(C(N)CC(=N)C(F)(F)F)c1. The van der Waals surface area contributed by atoms with E-state index in [0.717, 1.165) is 23.3 Å². The zero-order valence-corrected chi connectivity index (χ0v) is 15.6. The Morgan fingerprint density at radius 2 is 2.04 bits per heavy atom. The number of rotatable bonds is 9. The smallest absolute Gasteiger partial charge is 0.322 e. The third kappa shape index (κ3) is 5.64. The Morgan fingerprint density at radius 3 is 2.73 bits per heavy atom. The van der Waals surface area contributed by atoms with Gasteiger partial charge >= 0.3 is 6.18 Å². The Hall–Kier alpha value is -1.73. The van der Waals surface area contributed by atoms with Gasteiger partial charge in [-0.15, -0.1) is 11.3 Å². The molecule has 2 aromatic heterocycles. The molecule has 7 heteroatoms. The molecule has 0 aromatic carbocycles. The van der Waals surface area contributed by atoms with Crippen LogP contribution >= 0.6 is 11.3 Å². The quantitative estimate of drug-likeness (QED) is 0.418. The molecule has 1 atom stereocenters. The van der Waals surface area contributed by atoms with Gasteiger partial charge in [-0.2, -0.15) is 13.2 Å². The summed E-state index contributed by atoms with van der Waals surface area (Å²) in [5, 5.41) is 9.16. The number of aromatic nitrogens is 1. The summed E-state index contributed by atoms with van der Waals surface area (Å²) in [6, 6.07) is 4.75. The van der Waals surface area contributed by atoms with Crippen LogP contribution in [0.2, 0.25) is 0 Å². The average Bonchev–Trinajstić information content (AvgIpc) is 3.06. The van der Waals surface area contributed by atoms with E-state index < -0.39 is 24.4 Å². The molecular formula is C19H24F3N3S. The van der Waals surface area contributed by atoms with Gasteiger partial charge in [0.05, 0.1) is 11.7 Å². The van der Waals surface area contributed by atoms with Gasteiger partial charge < -0.3 is 11.1 Å². The van der Waals surface area contributed by atoms with E-state index in [2.05, 4.69) is 18.0 Å². The zero-order chi connectivity index (χ0) is 19.2. The van der Waals surface area contributed by atoms with Crippen LogP contribution in [0, 0.1) is 5.41 Å². The molecule has 0 fully saturated rings. The molecule has 0 saturated carbocycles. The molecule has 0 amide bonds. The number of halogens is 3. The highest BCUT2D eigenvalue weighted by Gasteiger charge is 2.35. The molecular weight excluding hydrogens is 359 g/mol. The number of nitrogens with two attached hydrogens (primary N) is 1. The summed E-state index contributed by atoms with van der Waals surface area (Å²) >= 11 is 1.61. The van der Waals surface area contributed by atoms with Gasteiger partial charge in [0.15, 0.2) is 0 Å². The lowest BCUT2D eigenvalue weighted by molar-refractivity contribution is -0.0615. The van der Waals surface area contributed by atoms with E-state index in [1.807, 2.05) is 11.4 Å². The molecule has 0 bridgehead atoms. The largest absolute Gasteiger partial charge is 0.428 e. The van der Waals surface area contributed by atoms with E-state index in [0.29, 0.717) is 5.69 Å². The van der Waals surface area contributed by atoms with Crippen molar-refractivity contribution in [2.45, 2.75) is 57.7 Å². The second-order valence-electron chi connectivity index (χ2n) is 6.34. The number of pyridine rings is 1. The molecule has 3 nitrogen and oxygen atoms in total. The summed E-state index contributed by atoms with van der Waals surface area (Å²) in [6.07, 6.45) is 2.07. The van der Waals surface area contributed by atoms with Gasteiger partial charge in [-0.3, -0.25) is 4.98 Å². The first-order valence-electron chi connectivity index (χ1n) is 8.75. The number of nitrogens with one attached hydrogen (secondary N) is 1. The van der Waals surface area contributed by atoms with Crippen LogP contribution in [0.4, 0.5) is 13.2 Å². The maximum absolute atomic E-state index is 12.6. The monoisotopic (exact) mass is 383 g/mol. The van der Waals surface area contributed by atoms with Gasteiger partial charge in [-0.25, -0.2) is 0 Å². The van der Waals surface area contributed by atoms with Gasteiger partial charge in [-0.1, -0.05) is 26.2 Å². The minimum absolute atomic E-state index is 0.377. The van der Waals surface area contributed by atoms with Crippen molar-refractivity contribution in [1.29, 1.82) is 5.41 Å². The van der Waals surface area contributed by atoms with Gasteiger partial charge in [-0.05, 0) is 47.5 Å². The summed E-state index contributed by atoms with van der Waals surface area (Å²) in [5.41, 5.74) is 7.09. The Balaban J connectivity index is 2.12. The summed E-state index contributed by atoms with van der Waals surface area (Å²) < 4.78 is 37.7. The first-order valence-corrected chi connectivity index (χ1v) is 9.63. The summed E-state index contributed by atoms with van der Waals surface area (Å²) in [5.74, 6) is 0. The standard InChI is InChI=1S/C19H24F3N3S/c1-2-3-4-5-6-13-8-10-26-18(13)14-7-9-25-16(11-14)15(23)12-17(24)19(20,21)22/h7-11,15,24H,2-6,12,23H2,1H3.